The van der Waals surface area contributed by atoms with Gasteiger partial charge in [-0.2, -0.15) is 14.1 Å². The molecule has 12 heteroatoms. The minimum atomic E-state index is -2.05. The molecular weight excluding hydrogens is 535 g/mol. The second-order valence-electron chi connectivity index (χ2n) is 12.8. The number of carbonyl (C=O) groups is 2. The first-order chi connectivity index (χ1) is 18.5. The van der Waals surface area contributed by atoms with Crippen molar-refractivity contribution in [3.8, 4) is 0 Å². The quantitative estimate of drug-likeness (QED) is 0.255. The van der Waals surface area contributed by atoms with Crippen LogP contribution in [0, 0.1) is 11.9 Å². The van der Waals surface area contributed by atoms with Gasteiger partial charge in [-0.25, -0.2) is 9.78 Å². The molecule has 3 rings (SSSR count). The van der Waals surface area contributed by atoms with Crippen LogP contribution in [0.1, 0.15) is 90.7 Å². The summed E-state index contributed by atoms with van der Waals surface area (Å²) in [6.07, 6.45) is 5.11. The van der Waals surface area contributed by atoms with Crippen LogP contribution in [0.5, 0.6) is 0 Å². The van der Waals surface area contributed by atoms with Crippen molar-refractivity contribution in [1.82, 2.24) is 24.6 Å². The van der Waals surface area contributed by atoms with Crippen LogP contribution in [0.4, 0.5) is 15.0 Å². The molecule has 2 amide bonds. The number of ether oxygens (including phenoxy) is 1. The second-order valence-corrected chi connectivity index (χ2v) is 13.9. The maximum absolute atomic E-state index is 14.5. The molecule has 2 unspecified atom stereocenters. The zero-order valence-corrected chi connectivity index (χ0v) is 25.4. The topological polar surface area (TPSA) is 132 Å². The molecule has 3 heterocycles. The van der Waals surface area contributed by atoms with Crippen LogP contribution >= 0.6 is 0 Å². The van der Waals surface area contributed by atoms with Crippen LogP contribution in [-0.4, -0.2) is 60.6 Å². The summed E-state index contributed by atoms with van der Waals surface area (Å²) in [6.45, 7) is 16.6. The number of aromatic nitrogens is 3. The van der Waals surface area contributed by atoms with Gasteiger partial charge in [0.15, 0.2) is 0 Å². The zero-order valence-electron chi connectivity index (χ0n) is 24.6. The highest BCUT2D eigenvalue weighted by molar-refractivity contribution is 7.90. The van der Waals surface area contributed by atoms with Crippen molar-refractivity contribution in [1.29, 1.82) is 0 Å². The van der Waals surface area contributed by atoms with Crippen molar-refractivity contribution in [2.75, 3.05) is 18.4 Å². The number of hydrogen-bond donors (Lipinski definition) is 2. The number of hydrogen-bond acceptors (Lipinski definition) is 8. The highest BCUT2D eigenvalue weighted by atomic mass is 32.2. The molecule has 0 aromatic carbocycles. The number of carbonyl (C=O) groups excluding carboxylic acids is 2. The van der Waals surface area contributed by atoms with E-state index in [2.05, 4.69) is 38.8 Å². The van der Waals surface area contributed by atoms with Gasteiger partial charge < -0.3 is 19.5 Å². The summed E-state index contributed by atoms with van der Waals surface area (Å²) in [7, 11) is 0. The Morgan fingerprint density at radius 3 is 2.50 bits per heavy atom. The van der Waals surface area contributed by atoms with Crippen LogP contribution in [0.2, 0.25) is 0 Å². The second kappa shape index (κ2) is 12.3. The van der Waals surface area contributed by atoms with E-state index in [4.69, 9.17) is 4.74 Å². The number of halogens is 1. The number of rotatable bonds is 8. The molecule has 10 nitrogen and oxygen atoms in total. The summed E-state index contributed by atoms with van der Waals surface area (Å²) in [6, 6.07) is 2.91. The molecule has 1 saturated heterocycles. The van der Waals surface area contributed by atoms with Gasteiger partial charge in [0.25, 0.3) is 10.9 Å². The molecule has 2 N–H and O–H groups in total. The monoisotopic (exact) mass is 576 g/mol. The fourth-order valence-corrected chi connectivity index (χ4v) is 5.28. The molecule has 1 aliphatic rings. The third-order valence-electron chi connectivity index (χ3n) is 6.52. The van der Waals surface area contributed by atoms with E-state index in [0.29, 0.717) is 30.5 Å². The molecule has 1 aliphatic heterocycles. The summed E-state index contributed by atoms with van der Waals surface area (Å²) in [5.41, 5.74) is -0.992. The summed E-state index contributed by atoms with van der Waals surface area (Å²) < 4.78 is 35.0. The minimum absolute atomic E-state index is 0.0311. The first-order valence-corrected chi connectivity index (χ1v) is 14.6. The Hall–Kier alpha value is -2.99. The Labute approximate surface area is 239 Å². The van der Waals surface area contributed by atoms with Gasteiger partial charge in [-0.15, -0.1) is 0 Å². The van der Waals surface area contributed by atoms with E-state index >= 15 is 0 Å². The number of nitrogens with one attached hydrogen (secondary N) is 2. The van der Waals surface area contributed by atoms with Crippen LogP contribution in [0.25, 0.3) is 0 Å². The minimum Gasteiger partial charge on any atom is -0.586 e. The predicted octanol–water partition coefficient (Wildman–Crippen LogP) is 4.99. The third kappa shape index (κ3) is 8.50. The molecule has 40 heavy (non-hydrogen) atoms. The maximum atomic E-state index is 14.5. The molecule has 2 aromatic heterocycles. The van der Waals surface area contributed by atoms with Crippen molar-refractivity contribution in [2.45, 2.75) is 96.2 Å². The normalized spacial score (nSPS) is 17.9. The largest absolute Gasteiger partial charge is 0.586 e. The van der Waals surface area contributed by atoms with Gasteiger partial charge in [0.05, 0.1) is 11.8 Å². The summed E-state index contributed by atoms with van der Waals surface area (Å²) in [4.78, 5) is 39.2. The fourth-order valence-electron chi connectivity index (χ4n) is 4.56. The summed E-state index contributed by atoms with van der Waals surface area (Å²) in [5.74, 6) is -1.03. The Morgan fingerprint density at radius 1 is 1.18 bits per heavy atom. The summed E-state index contributed by atoms with van der Waals surface area (Å²) in [5, 5.41) is 3.20. The van der Waals surface area contributed by atoms with Crippen molar-refractivity contribution in [2.24, 2.45) is 5.92 Å². The first kappa shape index (κ1) is 31.5. The highest BCUT2D eigenvalue weighted by Gasteiger charge is 2.42. The molecule has 2 aromatic rings. The van der Waals surface area contributed by atoms with Crippen molar-refractivity contribution in [3.63, 3.8) is 0 Å². The van der Waals surface area contributed by atoms with Crippen LogP contribution in [-0.2, 0) is 21.5 Å². The Balaban J connectivity index is 1.50. The lowest BCUT2D eigenvalue weighted by Crippen LogP contribution is -2.45. The Morgan fingerprint density at radius 2 is 1.88 bits per heavy atom. The van der Waals surface area contributed by atoms with Crippen molar-refractivity contribution in [3.05, 3.63) is 41.7 Å². The van der Waals surface area contributed by atoms with E-state index in [0.717, 1.165) is 19.3 Å². The Bertz CT molecular complexity index is 1210. The van der Waals surface area contributed by atoms with Crippen molar-refractivity contribution < 1.29 is 23.3 Å². The number of likely N-dealkylation sites (tertiary alicyclic amines) is 1. The maximum Gasteiger partial charge on any atom is 0.410 e. The molecule has 0 radical (unpaired) electrons. The zero-order chi connectivity index (χ0) is 29.9. The molecule has 0 bridgehead atoms. The number of nitrogens with zero attached hydrogens (tertiary/aromatic N) is 4. The average Bonchev–Trinajstić information content (AvgIpc) is 3.14. The number of anilines is 1. The number of pyridine rings is 1. The molecule has 0 aliphatic carbocycles. The van der Waals surface area contributed by atoms with Crippen LogP contribution in [0.3, 0.4) is 0 Å². The van der Waals surface area contributed by atoms with Gasteiger partial charge in [0.1, 0.15) is 29.0 Å². The van der Waals surface area contributed by atoms with E-state index in [9.17, 15) is 18.5 Å². The highest BCUT2D eigenvalue weighted by Crippen LogP contribution is 2.36. The fraction of sp³-hybridized carbons (Fsp3) is 0.607. The van der Waals surface area contributed by atoms with E-state index < -0.39 is 28.8 Å². The van der Waals surface area contributed by atoms with Gasteiger partial charge in [-0.05, 0) is 71.9 Å². The van der Waals surface area contributed by atoms with Crippen LogP contribution in [0.15, 0.2) is 29.6 Å². The predicted molar refractivity (Wildman–Crippen MR) is 152 cm³/mol. The third-order valence-corrected chi connectivity index (χ3v) is 7.47. The first-order valence-electron chi connectivity index (χ1n) is 13.4. The molecule has 2 atom stereocenters. The lowest BCUT2D eigenvalue weighted by molar-refractivity contribution is 0.0130. The number of amides is 2. The molecule has 1 fully saturated rings. The lowest BCUT2D eigenvalue weighted by Gasteiger charge is -2.33. The lowest BCUT2D eigenvalue weighted by atomic mass is 9.91. The standard InChI is InChI=1S/C28H41FN6O4S/c1-26(2,3)20-12-11-19(23(29)32-20)24(36)34-40(38)22-16-30-15-21(33-22)31-13-9-10-18-14-28(7,8)35(17-18)25(37)39-27(4,5)6/h11-12,15-16,18H,9-10,13-14,17H2,1-8H3,(H,31,33)(H,34,36). The van der Waals surface area contributed by atoms with Crippen molar-refractivity contribution >= 4 is 29.2 Å². The molecule has 0 spiro atoms. The van der Waals surface area contributed by atoms with Gasteiger partial charge >= 0.3 is 6.09 Å². The summed E-state index contributed by atoms with van der Waals surface area (Å²) >= 11 is -2.05. The average molecular weight is 577 g/mol. The van der Waals surface area contributed by atoms with E-state index in [1.807, 2.05) is 46.4 Å². The molecule has 220 valence electrons. The van der Waals surface area contributed by atoms with E-state index in [1.54, 1.807) is 6.07 Å². The molecule has 0 saturated carbocycles. The molecular formula is C28H41FN6O4S. The Kier molecular flexibility index (Phi) is 9.66. The van der Waals surface area contributed by atoms with Crippen LogP contribution < -0.4 is 10.0 Å². The SMILES string of the molecule is CC(C)(C)OC(=O)N1CC(CCCNc2cncc([S+]([O-])NC(=O)c3ccc(C(C)(C)C)nc3F)n2)CC1(C)C. The van der Waals surface area contributed by atoms with E-state index in [-0.39, 0.29) is 27.6 Å². The van der Waals surface area contributed by atoms with Gasteiger partial charge in [-0.1, -0.05) is 20.8 Å². The smallest absolute Gasteiger partial charge is 0.410 e. The van der Waals surface area contributed by atoms with Gasteiger partial charge in [-0.3, -0.25) is 9.78 Å². The van der Waals surface area contributed by atoms with Gasteiger partial charge in [0, 0.05) is 29.7 Å². The van der Waals surface area contributed by atoms with E-state index in [1.165, 1.54) is 18.5 Å². The van der Waals surface area contributed by atoms with Gasteiger partial charge in [0.2, 0.25) is 5.95 Å².